The molecule has 0 heterocycles. The quantitative estimate of drug-likeness (QED) is 0.153. The van der Waals surface area contributed by atoms with E-state index < -0.39 is 0 Å². The van der Waals surface area contributed by atoms with Crippen molar-refractivity contribution in [3.05, 3.63) is 0 Å². The molecule has 176 valence electrons. The molecule has 0 aliphatic heterocycles. The molecule has 0 radical (unpaired) electrons. The van der Waals surface area contributed by atoms with Crippen LogP contribution in [0.3, 0.4) is 0 Å². The molecule has 2 heteroatoms. The Labute approximate surface area is 185 Å². The second-order valence-corrected chi connectivity index (χ2v) is 9.72. The molecule has 0 aromatic rings. The van der Waals surface area contributed by atoms with Crippen molar-refractivity contribution in [2.75, 3.05) is 27.2 Å². The molecule has 0 fully saturated rings. The predicted molar refractivity (Wildman–Crippen MR) is 134 cm³/mol. The molecule has 2 N–H and O–H groups in total. The van der Waals surface area contributed by atoms with Crippen molar-refractivity contribution in [3.8, 4) is 0 Å². The minimum atomic E-state index is 0.873. The van der Waals surface area contributed by atoms with Crippen molar-refractivity contribution in [1.82, 2.24) is 4.90 Å². The summed E-state index contributed by atoms with van der Waals surface area (Å²) >= 11 is 0. The van der Waals surface area contributed by atoms with E-state index in [4.69, 9.17) is 5.73 Å². The van der Waals surface area contributed by atoms with Crippen molar-refractivity contribution in [2.45, 2.75) is 148 Å². The average molecular weight is 411 g/mol. The highest BCUT2D eigenvalue weighted by molar-refractivity contribution is 4.52. The molecule has 0 amide bonds. The molecule has 0 bridgehead atoms. The maximum Gasteiger partial charge on any atom is -0.00248 e. The SMILES string of the molecule is CN(C)CCCCCCCCCCCCCCCCCCCCCCCCCN. The highest BCUT2D eigenvalue weighted by Gasteiger charge is 1.96. The molecule has 0 aliphatic carbocycles. The Morgan fingerprint density at radius 1 is 0.345 bits per heavy atom. The van der Waals surface area contributed by atoms with Gasteiger partial charge in [0.2, 0.25) is 0 Å². The van der Waals surface area contributed by atoms with E-state index in [1.54, 1.807) is 0 Å². The van der Waals surface area contributed by atoms with Crippen LogP contribution in [0.2, 0.25) is 0 Å². The lowest BCUT2D eigenvalue weighted by Gasteiger charge is -2.08. The predicted octanol–water partition coefficient (Wildman–Crippen LogP) is 8.48. The van der Waals surface area contributed by atoms with Crippen LogP contribution in [0.4, 0.5) is 0 Å². The lowest BCUT2D eigenvalue weighted by molar-refractivity contribution is 0.389. The van der Waals surface area contributed by atoms with E-state index >= 15 is 0 Å². The van der Waals surface area contributed by atoms with Crippen LogP contribution in [-0.2, 0) is 0 Å². The Hall–Kier alpha value is -0.0800. The summed E-state index contributed by atoms with van der Waals surface area (Å²) in [5.41, 5.74) is 5.53. The van der Waals surface area contributed by atoms with Gasteiger partial charge in [0.05, 0.1) is 0 Å². The molecular weight excluding hydrogens is 352 g/mol. The molecule has 0 saturated heterocycles. The fourth-order valence-corrected chi connectivity index (χ4v) is 4.28. The van der Waals surface area contributed by atoms with E-state index in [9.17, 15) is 0 Å². The highest BCUT2D eigenvalue weighted by Crippen LogP contribution is 2.15. The van der Waals surface area contributed by atoms with Gasteiger partial charge < -0.3 is 10.6 Å². The summed E-state index contributed by atoms with van der Waals surface area (Å²) in [6, 6.07) is 0. The summed E-state index contributed by atoms with van der Waals surface area (Å²) in [7, 11) is 4.35. The molecule has 0 aromatic carbocycles. The zero-order chi connectivity index (χ0) is 21.3. The monoisotopic (exact) mass is 410 g/mol. The summed E-state index contributed by atoms with van der Waals surface area (Å²) in [6.07, 6.45) is 33.2. The number of unbranched alkanes of at least 4 members (excludes halogenated alkanes) is 22. The maximum atomic E-state index is 5.53. The summed E-state index contributed by atoms with van der Waals surface area (Å²) < 4.78 is 0. The molecule has 0 atom stereocenters. The first-order valence-corrected chi connectivity index (χ1v) is 13.6. The normalized spacial score (nSPS) is 11.6. The second-order valence-electron chi connectivity index (χ2n) is 9.72. The third-order valence-electron chi connectivity index (χ3n) is 6.31. The van der Waals surface area contributed by atoms with Crippen LogP contribution in [0, 0.1) is 0 Å². The molecule has 29 heavy (non-hydrogen) atoms. The van der Waals surface area contributed by atoms with Gasteiger partial charge in [0.15, 0.2) is 0 Å². The van der Waals surface area contributed by atoms with Gasteiger partial charge in [-0.3, -0.25) is 0 Å². The summed E-state index contributed by atoms with van der Waals surface area (Å²) in [5, 5.41) is 0. The number of nitrogens with zero attached hydrogens (tertiary/aromatic N) is 1. The van der Waals surface area contributed by atoms with E-state index in [2.05, 4.69) is 19.0 Å². The maximum absolute atomic E-state index is 5.53. The lowest BCUT2D eigenvalue weighted by atomic mass is 10.0. The van der Waals surface area contributed by atoms with Crippen LogP contribution in [-0.4, -0.2) is 32.1 Å². The van der Waals surface area contributed by atoms with E-state index in [1.807, 2.05) is 0 Å². The molecule has 0 saturated carbocycles. The zero-order valence-corrected chi connectivity index (χ0v) is 20.7. The van der Waals surface area contributed by atoms with Gasteiger partial charge in [-0.25, -0.2) is 0 Å². The first kappa shape index (κ1) is 28.9. The van der Waals surface area contributed by atoms with Gasteiger partial charge in [-0.05, 0) is 40.0 Å². The molecular formula is C27H58N2. The summed E-state index contributed by atoms with van der Waals surface area (Å²) in [5.74, 6) is 0. The molecule has 0 aliphatic rings. The van der Waals surface area contributed by atoms with Crippen LogP contribution < -0.4 is 5.73 Å². The van der Waals surface area contributed by atoms with Gasteiger partial charge in [0.1, 0.15) is 0 Å². The van der Waals surface area contributed by atoms with Crippen molar-refractivity contribution >= 4 is 0 Å². The molecule has 0 spiro atoms. The molecule has 0 unspecified atom stereocenters. The third-order valence-corrected chi connectivity index (χ3v) is 6.31. The van der Waals surface area contributed by atoms with Gasteiger partial charge in [-0.1, -0.05) is 135 Å². The van der Waals surface area contributed by atoms with Crippen LogP contribution in [0.1, 0.15) is 148 Å². The van der Waals surface area contributed by atoms with Crippen LogP contribution >= 0.6 is 0 Å². The first-order valence-electron chi connectivity index (χ1n) is 13.6. The smallest absolute Gasteiger partial charge is 0.00248 e. The van der Waals surface area contributed by atoms with E-state index in [0.717, 1.165) is 6.54 Å². The van der Waals surface area contributed by atoms with Crippen molar-refractivity contribution < 1.29 is 0 Å². The largest absolute Gasteiger partial charge is 0.330 e. The number of rotatable bonds is 25. The van der Waals surface area contributed by atoms with Crippen LogP contribution in [0.5, 0.6) is 0 Å². The number of nitrogens with two attached hydrogens (primary N) is 1. The fourth-order valence-electron chi connectivity index (χ4n) is 4.28. The van der Waals surface area contributed by atoms with Gasteiger partial charge in [-0.2, -0.15) is 0 Å². The molecule has 0 rings (SSSR count). The van der Waals surface area contributed by atoms with Crippen LogP contribution in [0.15, 0.2) is 0 Å². The first-order chi connectivity index (χ1) is 14.3. The Morgan fingerprint density at radius 2 is 0.552 bits per heavy atom. The lowest BCUT2D eigenvalue weighted by Crippen LogP contribution is -2.12. The van der Waals surface area contributed by atoms with Gasteiger partial charge in [-0.15, -0.1) is 0 Å². The topological polar surface area (TPSA) is 29.3 Å². The van der Waals surface area contributed by atoms with Crippen molar-refractivity contribution in [3.63, 3.8) is 0 Å². The van der Waals surface area contributed by atoms with E-state index in [1.165, 1.54) is 154 Å². The number of hydrogen-bond donors (Lipinski definition) is 1. The average Bonchev–Trinajstić information content (AvgIpc) is 2.71. The second kappa shape index (κ2) is 26.0. The van der Waals surface area contributed by atoms with E-state index in [-0.39, 0.29) is 0 Å². The minimum Gasteiger partial charge on any atom is -0.330 e. The molecule has 0 aromatic heterocycles. The Morgan fingerprint density at radius 3 is 0.759 bits per heavy atom. The van der Waals surface area contributed by atoms with Crippen LogP contribution in [0.25, 0.3) is 0 Å². The Kier molecular flexibility index (Phi) is 25.9. The standard InChI is InChI=1S/C27H58N2/c1-29(2)27-25-23-21-19-17-15-13-11-9-7-5-3-4-6-8-10-12-14-16-18-20-22-24-26-28/h3-28H2,1-2H3. The summed E-state index contributed by atoms with van der Waals surface area (Å²) in [4.78, 5) is 2.30. The zero-order valence-electron chi connectivity index (χ0n) is 20.7. The van der Waals surface area contributed by atoms with Crippen molar-refractivity contribution in [2.24, 2.45) is 5.73 Å². The Balaban J connectivity index is 2.98. The summed E-state index contributed by atoms with van der Waals surface area (Å²) in [6.45, 7) is 2.13. The number of hydrogen-bond acceptors (Lipinski definition) is 2. The Bertz CT molecular complexity index is 278. The fraction of sp³-hybridized carbons (Fsp3) is 1.00. The van der Waals surface area contributed by atoms with Gasteiger partial charge >= 0.3 is 0 Å². The van der Waals surface area contributed by atoms with Gasteiger partial charge in [0.25, 0.3) is 0 Å². The molecule has 2 nitrogen and oxygen atoms in total. The highest BCUT2D eigenvalue weighted by atomic mass is 15.0. The van der Waals surface area contributed by atoms with E-state index in [0.29, 0.717) is 0 Å². The van der Waals surface area contributed by atoms with Gasteiger partial charge in [0, 0.05) is 0 Å². The van der Waals surface area contributed by atoms with Crippen molar-refractivity contribution in [1.29, 1.82) is 0 Å². The minimum absolute atomic E-state index is 0.873. The third kappa shape index (κ3) is 27.9.